The average Bonchev–Trinajstić information content (AvgIpc) is 3.25. The fourth-order valence-corrected chi connectivity index (χ4v) is 6.09. The molecule has 224 valence electrons. The molecule has 0 fully saturated rings. The summed E-state index contributed by atoms with van der Waals surface area (Å²) in [6.07, 6.45) is 0. The summed E-state index contributed by atoms with van der Waals surface area (Å²) in [5.74, 6) is 0.888. The molecule has 44 heavy (non-hydrogen) atoms. The highest BCUT2D eigenvalue weighted by Gasteiger charge is 2.59. The third-order valence-corrected chi connectivity index (χ3v) is 9.09. The van der Waals surface area contributed by atoms with Crippen molar-refractivity contribution in [3.63, 3.8) is 0 Å². The van der Waals surface area contributed by atoms with Crippen LogP contribution in [0.25, 0.3) is 4.85 Å². The van der Waals surface area contributed by atoms with E-state index in [1.54, 1.807) is 29.2 Å². The Morgan fingerprint density at radius 2 is 1.45 bits per heavy atom. The van der Waals surface area contributed by atoms with Gasteiger partial charge in [0.05, 0.1) is 18.7 Å². The number of nitrogens with zero attached hydrogens (tertiary/aromatic N) is 3. The molecule has 2 atom stereocenters. The first kappa shape index (κ1) is 31.3. The largest absolute Gasteiger partial charge is 0.493 e. The van der Waals surface area contributed by atoms with E-state index in [9.17, 15) is 4.79 Å². The molecule has 0 aliphatic carbocycles. The van der Waals surface area contributed by atoms with Crippen LogP contribution in [0.5, 0.6) is 5.75 Å². The number of benzene rings is 4. The lowest BCUT2D eigenvalue weighted by Gasteiger charge is -2.45. The van der Waals surface area contributed by atoms with Crippen LogP contribution >= 0.6 is 23.2 Å². The minimum absolute atomic E-state index is 0.113. The molecule has 0 saturated heterocycles. The zero-order valence-electron chi connectivity index (χ0n) is 25.8. The molecule has 4 aromatic carbocycles. The van der Waals surface area contributed by atoms with Gasteiger partial charge in [-0.3, -0.25) is 14.7 Å². The Kier molecular flexibility index (Phi) is 8.37. The van der Waals surface area contributed by atoms with E-state index in [2.05, 4.69) is 31.7 Å². The summed E-state index contributed by atoms with van der Waals surface area (Å²) in [7, 11) is 0. The maximum absolute atomic E-state index is 14.8. The summed E-state index contributed by atoms with van der Waals surface area (Å²) in [6.45, 7) is 20.3. The standard InChI is InChI=1S/C37H35Cl2N3O2/c1-8-44-32-23-27(35(2,3)4)15-22-31(32)33-41-36(5,25-11-16-28(38)17-12-25)37(6,26-13-18-29(39)19-14-26)42(33)34(43)24-9-20-30(40-7)21-10-24/h9-23H,8H2,1-6H3/t36-,37+/m0/s1. The molecule has 0 saturated carbocycles. The Hall–Kier alpha value is -4.11. The van der Waals surface area contributed by atoms with Crippen molar-refractivity contribution in [2.45, 2.75) is 58.0 Å². The Morgan fingerprint density at radius 3 is 1.98 bits per heavy atom. The van der Waals surface area contributed by atoms with Gasteiger partial charge in [0.1, 0.15) is 22.7 Å². The number of hydrogen-bond donors (Lipinski definition) is 0. The average molecular weight is 625 g/mol. The summed E-state index contributed by atoms with van der Waals surface area (Å²) >= 11 is 12.7. The lowest BCUT2D eigenvalue weighted by Crippen LogP contribution is -2.55. The number of amides is 1. The van der Waals surface area contributed by atoms with Crippen molar-refractivity contribution >= 4 is 40.6 Å². The van der Waals surface area contributed by atoms with Gasteiger partial charge < -0.3 is 4.74 Å². The maximum atomic E-state index is 14.8. The van der Waals surface area contributed by atoms with Gasteiger partial charge in [-0.05, 0) is 79.3 Å². The molecule has 0 unspecified atom stereocenters. The van der Waals surface area contributed by atoms with Gasteiger partial charge in [0, 0.05) is 15.6 Å². The third-order valence-electron chi connectivity index (χ3n) is 8.58. The van der Waals surface area contributed by atoms with Gasteiger partial charge in [-0.15, -0.1) is 0 Å². The van der Waals surface area contributed by atoms with Crippen LogP contribution in [0.4, 0.5) is 5.69 Å². The molecule has 0 N–H and O–H groups in total. The topological polar surface area (TPSA) is 46.3 Å². The predicted molar refractivity (Wildman–Crippen MR) is 179 cm³/mol. The van der Waals surface area contributed by atoms with E-state index < -0.39 is 11.1 Å². The van der Waals surface area contributed by atoms with Crippen molar-refractivity contribution < 1.29 is 9.53 Å². The molecule has 0 radical (unpaired) electrons. The summed E-state index contributed by atoms with van der Waals surface area (Å²) < 4.78 is 6.24. The van der Waals surface area contributed by atoms with E-state index in [0.29, 0.717) is 45.1 Å². The number of rotatable bonds is 6. The molecule has 1 aliphatic rings. The van der Waals surface area contributed by atoms with Crippen LogP contribution < -0.4 is 4.74 Å². The molecule has 5 nitrogen and oxygen atoms in total. The lowest BCUT2D eigenvalue weighted by molar-refractivity contribution is 0.0616. The summed E-state index contributed by atoms with van der Waals surface area (Å²) in [4.78, 5) is 25.6. The molecule has 1 amide bonds. The van der Waals surface area contributed by atoms with Gasteiger partial charge >= 0.3 is 0 Å². The minimum atomic E-state index is -1.03. The fourth-order valence-electron chi connectivity index (χ4n) is 5.84. The number of halogens is 2. The van der Waals surface area contributed by atoms with Crippen molar-refractivity contribution in [2.24, 2.45) is 4.99 Å². The Bertz CT molecular complexity index is 1770. The number of carbonyl (C=O) groups is 1. The third kappa shape index (κ3) is 5.38. The van der Waals surface area contributed by atoms with E-state index in [-0.39, 0.29) is 11.3 Å². The predicted octanol–water partition coefficient (Wildman–Crippen LogP) is 9.97. The fraction of sp³-hybridized carbons (Fsp3) is 0.270. The molecule has 0 aromatic heterocycles. The molecular weight excluding hydrogens is 589 g/mol. The quantitative estimate of drug-likeness (QED) is 0.201. The van der Waals surface area contributed by atoms with Crippen LogP contribution in [-0.2, 0) is 16.5 Å². The number of hydrogen-bond acceptors (Lipinski definition) is 3. The maximum Gasteiger partial charge on any atom is 0.260 e. The Labute approximate surface area is 269 Å². The highest BCUT2D eigenvalue weighted by molar-refractivity contribution is 6.30. The first-order valence-electron chi connectivity index (χ1n) is 14.5. The first-order valence-corrected chi connectivity index (χ1v) is 15.3. The van der Waals surface area contributed by atoms with E-state index in [1.807, 2.05) is 81.4 Å². The molecule has 4 aromatic rings. The number of aliphatic imine (C=N–C) groups is 1. The van der Waals surface area contributed by atoms with Crippen LogP contribution in [0.15, 0.2) is 96.0 Å². The summed E-state index contributed by atoms with van der Waals surface area (Å²) in [5, 5.41) is 1.20. The summed E-state index contributed by atoms with van der Waals surface area (Å²) in [6, 6.07) is 28.0. The molecule has 1 heterocycles. The molecular formula is C37H35Cl2N3O2. The van der Waals surface area contributed by atoms with Crippen LogP contribution in [0.2, 0.25) is 10.0 Å². The van der Waals surface area contributed by atoms with Crippen LogP contribution in [-0.4, -0.2) is 23.2 Å². The molecule has 1 aliphatic heterocycles. The van der Waals surface area contributed by atoms with E-state index in [1.165, 1.54) is 0 Å². The second kappa shape index (κ2) is 11.8. The lowest BCUT2D eigenvalue weighted by atomic mass is 9.70. The van der Waals surface area contributed by atoms with Crippen LogP contribution in [0, 0.1) is 6.57 Å². The molecule has 0 spiro atoms. The van der Waals surface area contributed by atoms with Gasteiger partial charge in [-0.2, -0.15) is 0 Å². The second-order valence-electron chi connectivity index (χ2n) is 12.3. The second-order valence-corrected chi connectivity index (χ2v) is 13.2. The highest BCUT2D eigenvalue weighted by Crippen LogP contribution is 2.54. The molecule has 5 rings (SSSR count). The zero-order valence-corrected chi connectivity index (χ0v) is 27.3. The van der Waals surface area contributed by atoms with Crippen molar-refractivity contribution in [3.05, 3.63) is 140 Å². The van der Waals surface area contributed by atoms with Gasteiger partial charge in [0.15, 0.2) is 5.69 Å². The molecule has 0 bridgehead atoms. The van der Waals surface area contributed by atoms with E-state index >= 15 is 0 Å². The van der Waals surface area contributed by atoms with Crippen LogP contribution in [0.3, 0.4) is 0 Å². The number of carbonyl (C=O) groups excluding carboxylic acids is 1. The Morgan fingerprint density at radius 1 is 0.886 bits per heavy atom. The van der Waals surface area contributed by atoms with Gasteiger partial charge in [0.25, 0.3) is 5.91 Å². The van der Waals surface area contributed by atoms with Crippen molar-refractivity contribution in [1.29, 1.82) is 0 Å². The van der Waals surface area contributed by atoms with Gasteiger partial charge in [-0.1, -0.05) is 98.6 Å². The van der Waals surface area contributed by atoms with Crippen LogP contribution in [0.1, 0.15) is 74.2 Å². The number of amidine groups is 1. The highest BCUT2D eigenvalue weighted by atomic mass is 35.5. The monoisotopic (exact) mass is 623 g/mol. The Balaban J connectivity index is 1.84. The smallest absolute Gasteiger partial charge is 0.260 e. The minimum Gasteiger partial charge on any atom is -0.493 e. The van der Waals surface area contributed by atoms with Gasteiger partial charge in [0.2, 0.25) is 0 Å². The normalized spacial score (nSPS) is 19.8. The molecule has 7 heteroatoms. The van der Waals surface area contributed by atoms with Crippen molar-refractivity contribution in [3.8, 4) is 5.75 Å². The number of ether oxygens (including phenoxy) is 1. The van der Waals surface area contributed by atoms with E-state index in [4.69, 9.17) is 39.5 Å². The van der Waals surface area contributed by atoms with Gasteiger partial charge in [-0.25, -0.2) is 4.85 Å². The summed E-state index contributed by atoms with van der Waals surface area (Å²) in [5.41, 5.74) is 2.36. The van der Waals surface area contributed by atoms with Crippen molar-refractivity contribution in [1.82, 2.24) is 4.90 Å². The SMILES string of the molecule is [C-]#[N+]c1ccc(C(=O)N2C(c3ccc(C(C)(C)C)cc3OCC)=N[C@@](C)(c3ccc(Cl)cc3)[C@@]2(C)c2ccc(Cl)cc2)cc1. The zero-order chi connectivity index (χ0) is 31.9. The van der Waals surface area contributed by atoms with Crippen molar-refractivity contribution in [2.75, 3.05) is 6.61 Å². The van der Waals surface area contributed by atoms with E-state index in [0.717, 1.165) is 16.7 Å². The first-order chi connectivity index (χ1) is 20.8.